The Kier molecular flexibility index (Phi) is 17.1. The average Bonchev–Trinajstić information content (AvgIpc) is 2.69. The Hall–Kier alpha value is 0.371. The van der Waals surface area contributed by atoms with Crippen LogP contribution in [0.4, 0.5) is 0 Å². The van der Waals surface area contributed by atoms with Crippen molar-refractivity contribution in [1.29, 1.82) is 0 Å². The molecular weight excluding hydrogens is 446 g/mol. The highest BCUT2D eigenvalue weighted by molar-refractivity contribution is 6.76. The summed E-state index contributed by atoms with van der Waals surface area (Å²) in [4.78, 5) is 0. The Bertz CT molecular complexity index is 379. The van der Waals surface area contributed by atoms with Gasteiger partial charge in [0.05, 0.1) is 0 Å². The number of rotatable bonds is 21. The molecule has 0 amide bonds. The molecule has 0 bridgehead atoms. The minimum absolute atomic E-state index is 0.633. The van der Waals surface area contributed by atoms with E-state index in [4.69, 9.17) is 26.6 Å². The molecule has 0 aromatic carbocycles. The quantitative estimate of drug-likeness (QED) is 0.207. The fraction of sp³-hybridized carbons (Fsp3) is 1.00. The Morgan fingerprint density at radius 2 is 0.742 bits per heavy atom. The zero-order valence-electron chi connectivity index (χ0n) is 21.9. The minimum atomic E-state index is -2.57. The van der Waals surface area contributed by atoms with Crippen LogP contribution in [0.1, 0.15) is 54.4 Å². The van der Waals surface area contributed by atoms with Crippen LogP contribution in [-0.4, -0.2) is 84.1 Å². The number of hydrogen-bond acceptors (Lipinski definition) is 7. The zero-order valence-corrected chi connectivity index (χ0v) is 24.9. The van der Waals surface area contributed by atoms with E-state index in [0.717, 1.165) is 24.9 Å². The van der Waals surface area contributed by atoms with Gasteiger partial charge < -0.3 is 31.1 Å². The summed E-state index contributed by atoms with van der Waals surface area (Å²) >= 11 is 0. The molecule has 0 saturated carbocycles. The molecule has 0 fully saturated rings. The molecule has 0 saturated heterocycles. The smallest absolute Gasteiger partial charge is 0.374 e. The van der Waals surface area contributed by atoms with E-state index >= 15 is 0 Å². The molecule has 0 aliphatic rings. The van der Waals surface area contributed by atoms with Crippen LogP contribution in [0, 0.1) is 0 Å². The van der Waals surface area contributed by atoms with Gasteiger partial charge in [0.25, 0.3) is 0 Å². The zero-order chi connectivity index (χ0) is 23.8. The van der Waals surface area contributed by atoms with Gasteiger partial charge in [0.2, 0.25) is 0 Å². The molecule has 0 atom stereocenters. The van der Waals surface area contributed by atoms with E-state index in [1.807, 2.05) is 41.5 Å². The molecular formula is C21H51NO6Si3. The van der Waals surface area contributed by atoms with Gasteiger partial charge in [0, 0.05) is 51.7 Å². The van der Waals surface area contributed by atoms with Gasteiger partial charge in [-0.1, -0.05) is 19.4 Å². The van der Waals surface area contributed by atoms with E-state index in [-0.39, 0.29) is 0 Å². The van der Waals surface area contributed by atoms with Crippen LogP contribution in [0.5, 0.6) is 0 Å². The molecule has 7 nitrogen and oxygen atoms in total. The van der Waals surface area contributed by atoms with E-state index in [1.165, 1.54) is 12.1 Å². The summed E-state index contributed by atoms with van der Waals surface area (Å²) in [5.41, 5.74) is 0. The van der Waals surface area contributed by atoms with Crippen molar-refractivity contribution in [3.63, 3.8) is 0 Å². The first-order valence-corrected chi connectivity index (χ1v) is 19.0. The predicted octanol–water partition coefficient (Wildman–Crippen LogP) is 5.00. The standard InChI is InChI=1S/C21H51NO6Si3/c1-10-23-30(24-11-2,25-12-3)20-16-18-29(9,22(7)8)19-17-21-31(26-13-4,27-14-5)28-15-6/h10-21H2,1-9H3. The number of nitrogens with zero attached hydrogens (tertiary/aromatic N) is 1. The van der Waals surface area contributed by atoms with Crippen molar-refractivity contribution in [2.45, 2.75) is 85.1 Å². The molecule has 0 rings (SSSR count). The van der Waals surface area contributed by atoms with Gasteiger partial charge in [-0.05, 0) is 67.7 Å². The molecule has 0 aliphatic carbocycles. The SMILES string of the molecule is CCO[Si](CCC[Si](C)(CCC[Si](OCC)(OCC)OCC)N(C)C)(OCC)OCC. The van der Waals surface area contributed by atoms with Gasteiger partial charge in [-0.3, -0.25) is 0 Å². The van der Waals surface area contributed by atoms with Crippen molar-refractivity contribution in [3.8, 4) is 0 Å². The Morgan fingerprint density at radius 1 is 0.484 bits per heavy atom. The van der Waals surface area contributed by atoms with Gasteiger partial charge in [0.1, 0.15) is 8.24 Å². The third-order valence-corrected chi connectivity index (χ3v) is 17.0. The third kappa shape index (κ3) is 11.4. The summed E-state index contributed by atoms with van der Waals surface area (Å²) in [5.74, 6) is 0. The fourth-order valence-corrected chi connectivity index (χ4v) is 12.9. The lowest BCUT2D eigenvalue weighted by molar-refractivity contribution is 0.0705. The molecule has 0 aliphatic heterocycles. The lowest BCUT2D eigenvalue weighted by Crippen LogP contribution is -2.50. The van der Waals surface area contributed by atoms with Crippen molar-refractivity contribution >= 4 is 25.8 Å². The summed E-state index contributed by atoms with van der Waals surface area (Å²) in [5, 5.41) is 0. The first-order valence-electron chi connectivity index (χ1n) is 12.2. The Labute approximate surface area is 195 Å². The molecule has 0 aromatic heterocycles. The molecule has 0 spiro atoms. The Morgan fingerprint density at radius 3 is 0.935 bits per heavy atom. The largest absolute Gasteiger partial charge is 0.500 e. The summed E-state index contributed by atoms with van der Waals surface area (Å²) in [6.07, 6.45) is 2.14. The van der Waals surface area contributed by atoms with E-state index in [2.05, 4.69) is 25.2 Å². The van der Waals surface area contributed by atoms with Gasteiger partial charge in [-0.15, -0.1) is 0 Å². The van der Waals surface area contributed by atoms with Crippen molar-refractivity contribution in [2.24, 2.45) is 0 Å². The van der Waals surface area contributed by atoms with Gasteiger partial charge in [0.15, 0.2) is 0 Å². The maximum atomic E-state index is 6.04. The molecule has 0 heterocycles. The lowest BCUT2D eigenvalue weighted by Gasteiger charge is -2.36. The van der Waals surface area contributed by atoms with Gasteiger partial charge in [-0.25, -0.2) is 0 Å². The second-order valence-electron chi connectivity index (χ2n) is 8.06. The van der Waals surface area contributed by atoms with Crippen LogP contribution in [0.2, 0.25) is 30.7 Å². The van der Waals surface area contributed by atoms with E-state index in [9.17, 15) is 0 Å². The highest BCUT2D eigenvalue weighted by atomic mass is 28.4. The molecule has 0 aromatic rings. The maximum absolute atomic E-state index is 6.04. The molecule has 188 valence electrons. The van der Waals surface area contributed by atoms with Crippen LogP contribution in [-0.2, 0) is 26.6 Å². The topological polar surface area (TPSA) is 58.6 Å². The first-order chi connectivity index (χ1) is 14.7. The second-order valence-corrected chi connectivity index (χ2v) is 18.4. The van der Waals surface area contributed by atoms with Gasteiger partial charge >= 0.3 is 17.6 Å². The second kappa shape index (κ2) is 16.9. The molecule has 10 heteroatoms. The highest BCUT2D eigenvalue weighted by Gasteiger charge is 2.43. The average molecular weight is 498 g/mol. The van der Waals surface area contributed by atoms with Crippen LogP contribution < -0.4 is 0 Å². The summed E-state index contributed by atoms with van der Waals surface area (Å²) in [7, 11) is -2.32. The summed E-state index contributed by atoms with van der Waals surface area (Å²) in [6.45, 7) is 18.4. The van der Waals surface area contributed by atoms with E-state index in [0.29, 0.717) is 39.6 Å². The normalized spacial score (nSPS) is 13.4. The molecule has 31 heavy (non-hydrogen) atoms. The van der Waals surface area contributed by atoms with Gasteiger partial charge in [-0.2, -0.15) is 0 Å². The monoisotopic (exact) mass is 497 g/mol. The predicted molar refractivity (Wildman–Crippen MR) is 135 cm³/mol. The van der Waals surface area contributed by atoms with Crippen LogP contribution in [0.25, 0.3) is 0 Å². The van der Waals surface area contributed by atoms with Crippen LogP contribution >= 0.6 is 0 Å². The number of hydrogen-bond donors (Lipinski definition) is 0. The van der Waals surface area contributed by atoms with Crippen molar-refractivity contribution in [3.05, 3.63) is 0 Å². The van der Waals surface area contributed by atoms with Crippen molar-refractivity contribution in [2.75, 3.05) is 53.7 Å². The van der Waals surface area contributed by atoms with Crippen LogP contribution in [0.15, 0.2) is 0 Å². The minimum Gasteiger partial charge on any atom is -0.374 e. The fourth-order valence-electron chi connectivity index (χ4n) is 3.95. The van der Waals surface area contributed by atoms with Crippen molar-refractivity contribution in [1.82, 2.24) is 4.57 Å². The van der Waals surface area contributed by atoms with E-state index < -0.39 is 25.8 Å². The molecule has 0 radical (unpaired) electrons. The Balaban J connectivity index is 5.06. The van der Waals surface area contributed by atoms with E-state index in [1.54, 1.807) is 0 Å². The summed E-state index contributed by atoms with van der Waals surface area (Å²) < 4.78 is 38.7. The molecule has 0 unspecified atom stereocenters. The maximum Gasteiger partial charge on any atom is 0.500 e. The van der Waals surface area contributed by atoms with Crippen molar-refractivity contribution < 1.29 is 26.6 Å². The lowest BCUT2D eigenvalue weighted by atomic mass is 10.6. The first kappa shape index (κ1) is 31.4. The van der Waals surface area contributed by atoms with Crippen LogP contribution in [0.3, 0.4) is 0 Å². The highest BCUT2D eigenvalue weighted by Crippen LogP contribution is 2.29. The molecule has 0 N–H and O–H groups in total. The third-order valence-electron chi connectivity index (χ3n) is 5.66. The summed E-state index contributed by atoms with van der Waals surface area (Å²) in [6, 6.07) is 4.14.